The van der Waals surface area contributed by atoms with Crippen molar-refractivity contribution < 1.29 is 14.6 Å². The van der Waals surface area contributed by atoms with Gasteiger partial charge >= 0.3 is 6.09 Å². The van der Waals surface area contributed by atoms with Crippen molar-refractivity contribution in [3.8, 4) is 0 Å². The number of aromatic nitrogens is 3. The summed E-state index contributed by atoms with van der Waals surface area (Å²) >= 11 is 0. The van der Waals surface area contributed by atoms with Gasteiger partial charge in [0.2, 0.25) is 0 Å². The predicted molar refractivity (Wildman–Crippen MR) is 83.6 cm³/mol. The summed E-state index contributed by atoms with van der Waals surface area (Å²) in [6.07, 6.45) is 8.23. The molecule has 23 heavy (non-hydrogen) atoms. The van der Waals surface area contributed by atoms with Crippen molar-refractivity contribution in [3.05, 3.63) is 12.2 Å². The third-order valence-electron chi connectivity index (χ3n) is 5.14. The number of aryl methyl sites for hydroxylation is 1. The first-order chi connectivity index (χ1) is 11.1. The van der Waals surface area contributed by atoms with Gasteiger partial charge in [0.15, 0.2) is 5.82 Å². The van der Waals surface area contributed by atoms with Crippen LogP contribution in [0.5, 0.6) is 0 Å². The molecule has 0 radical (unpaired) electrons. The quantitative estimate of drug-likeness (QED) is 0.918. The summed E-state index contributed by atoms with van der Waals surface area (Å²) in [4.78, 5) is 18.0. The molecule has 1 N–H and O–H groups in total. The molecule has 2 aliphatic rings. The Morgan fingerprint density at radius 3 is 2.65 bits per heavy atom. The van der Waals surface area contributed by atoms with Crippen LogP contribution < -0.4 is 0 Å². The van der Waals surface area contributed by atoms with Gasteiger partial charge in [-0.2, -0.15) is 5.10 Å². The van der Waals surface area contributed by atoms with Crippen molar-refractivity contribution in [2.45, 2.75) is 50.5 Å². The molecule has 1 aliphatic carbocycles. The number of rotatable bonds is 3. The van der Waals surface area contributed by atoms with Crippen LogP contribution in [0.2, 0.25) is 0 Å². The Balaban J connectivity index is 1.48. The fourth-order valence-electron chi connectivity index (χ4n) is 3.63. The summed E-state index contributed by atoms with van der Waals surface area (Å²) < 4.78 is 7.07. The lowest BCUT2D eigenvalue weighted by atomic mass is 9.90. The number of piperidine rings is 1. The van der Waals surface area contributed by atoms with Crippen LogP contribution in [0.25, 0.3) is 0 Å². The van der Waals surface area contributed by atoms with E-state index in [0.717, 1.165) is 0 Å². The average molecular weight is 322 g/mol. The van der Waals surface area contributed by atoms with Gasteiger partial charge in [-0.05, 0) is 18.8 Å². The van der Waals surface area contributed by atoms with Crippen LogP contribution >= 0.6 is 0 Å². The van der Waals surface area contributed by atoms with E-state index in [1.807, 2.05) is 0 Å². The minimum absolute atomic E-state index is 0.254. The first kappa shape index (κ1) is 16.2. The number of amides is 1. The second kappa shape index (κ2) is 6.86. The Hall–Kier alpha value is -1.63. The van der Waals surface area contributed by atoms with E-state index in [9.17, 15) is 9.90 Å². The van der Waals surface area contributed by atoms with E-state index in [2.05, 4.69) is 10.1 Å². The molecule has 0 atom stereocenters. The number of aliphatic hydroxyl groups is 1. The number of hydrogen-bond donors (Lipinski definition) is 1. The molecule has 1 aromatic heterocycles. The second-order valence-corrected chi connectivity index (χ2v) is 6.81. The number of ether oxygens (including phenoxy) is 1. The van der Waals surface area contributed by atoms with Crippen molar-refractivity contribution in [3.63, 3.8) is 0 Å². The van der Waals surface area contributed by atoms with Gasteiger partial charge in [-0.25, -0.2) is 9.78 Å². The molecule has 0 bridgehead atoms. The molecule has 128 valence electrons. The molecule has 1 saturated heterocycles. The van der Waals surface area contributed by atoms with Crippen LogP contribution in [-0.4, -0.2) is 50.6 Å². The van der Waals surface area contributed by atoms with Crippen molar-refractivity contribution in [2.24, 2.45) is 13.0 Å². The van der Waals surface area contributed by atoms with E-state index >= 15 is 0 Å². The zero-order valence-corrected chi connectivity index (χ0v) is 13.8. The largest absolute Gasteiger partial charge is 0.449 e. The molecular weight excluding hydrogens is 296 g/mol. The molecule has 1 saturated carbocycles. The first-order valence-electron chi connectivity index (χ1n) is 8.57. The van der Waals surface area contributed by atoms with E-state index in [4.69, 9.17) is 4.74 Å². The Morgan fingerprint density at radius 2 is 2.04 bits per heavy atom. The van der Waals surface area contributed by atoms with Crippen LogP contribution in [0, 0.1) is 5.92 Å². The summed E-state index contributed by atoms with van der Waals surface area (Å²) in [5.74, 6) is 1.08. The van der Waals surface area contributed by atoms with E-state index < -0.39 is 5.60 Å². The van der Waals surface area contributed by atoms with Crippen molar-refractivity contribution >= 4 is 6.09 Å². The standard InChI is InChI=1S/C16H26N4O3/c1-19-14(17-12-18-19)16(22)7-9-20(10-8-16)15(21)23-11-13-5-3-2-4-6-13/h12-13,22H,2-11H2,1H3. The van der Waals surface area contributed by atoms with Crippen LogP contribution in [0.1, 0.15) is 50.8 Å². The van der Waals surface area contributed by atoms with Crippen LogP contribution in [0.4, 0.5) is 4.79 Å². The lowest BCUT2D eigenvalue weighted by Gasteiger charge is -2.37. The van der Waals surface area contributed by atoms with Crippen LogP contribution in [0.3, 0.4) is 0 Å². The SMILES string of the molecule is Cn1ncnc1C1(O)CCN(C(=O)OCC2CCCCC2)CC1. The zero-order chi connectivity index (χ0) is 16.3. The summed E-state index contributed by atoms with van der Waals surface area (Å²) in [5, 5.41) is 14.8. The maximum absolute atomic E-state index is 12.2. The average Bonchev–Trinajstić information content (AvgIpc) is 3.01. The predicted octanol–water partition coefficient (Wildman–Crippen LogP) is 1.82. The minimum atomic E-state index is -1.01. The van der Waals surface area contributed by atoms with Gasteiger partial charge in [-0.3, -0.25) is 4.68 Å². The van der Waals surface area contributed by atoms with Gasteiger partial charge in [0.1, 0.15) is 11.9 Å². The number of carbonyl (C=O) groups is 1. The fourth-order valence-corrected chi connectivity index (χ4v) is 3.63. The van der Waals surface area contributed by atoms with Gasteiger partial charge in [-0.15, -0.1) is 0 Å². The molecule has 7 heteroatoms. The minimum Gasteiger partial charge on any atom is -0.449 e. The van der Waals surface area contributed by atoms with Crippen molar-refractivity contribution in [1.82, 2.24) is 19.7 Å². The van der Waals surface area contributed by atoms with Gasteiger partial charge in [0.25, 0.3) is 0 Å². The van der Waals surface area contributed by atoms with E-state index in [1.165, 1.54) is 38.4 Å². The number of carbonyl (C=O) groups excluding carboxylic acids is 1. The number of hydrogen-bond acceptors (Lipinski definition) is 5. The second-order valence-electron chi connectivity index (χ2n) is 6.81. The number of likely N-dealkylation sites (tertiary alicyclic amines) is 1. The lowest BCUT2D eigenvalue weighted by Crippen LogP contribution is -2.46. The van der Waals surface area contributed by atoms with E-state index in [1.54, 1.807) is 16.6 Å². The maximum atomic E-state index is 12.2. The molecule has 3 rings (SSSR count). The van der Waals surface area contributed by atoms with Crippen LogP contribution in [-0.2, 0) is 17.4 Å². The Kier molecular flexibility index (Phi) is 4.84. The first-order valence-corrected chi connectivity index (χ1v) is 8.57. The van der Waals surface area contributed by atoms with Crippen LogP contribution in [0.15, 0.2) is 6.33 Å². The molecule has 2 fully saturated rings. The highest BCUT2D eigenvalue weighted by Crippen LogP contribution is 2.31. The highest BCUT2D eigenvalue weighted by atomic mass is 16.6. The van der Waals surface area contributed by atoms with Gasteiger partial charge in [0.05, 0.1) is 6.61 Å². The lowest BCUT2D eigenvalue weighted by molar-refractivity contribution is -0.0351. The van der Waals surface area contributed by atoms with Gasteiger partial charge < -0.3 is 14.7 Å². The molecule has 1 aliphatic heterocycles. The molecule has 0 aromatic carbocycles. The monoisotopic (exact) mass is 322 g/mol. The van der Waals surface area contributed by atoms with Gasteiger partial charge in [0, 0.05) is 33.0 Å². The summed E-state index contributed by atoms with van der Waals surface area (Å²) in [5.41, 5.74) is -1.01. The highest BCUT2D eigenvalue weighted by Gasteiger charge is 2.39. The highest BCUT2D eigenvalue weighted by molar-refractivity contribution is 5.67. The van der Waals surface area contributed by atoms with Crippen molar-refractivity contribution in [1.29, 1.82) is 0 Å². The molecule has 2 heterocycles. The fraction of sp³-hybridized carbons (Fsp3) is 0.812. The summed E-state index contributed by atoms with van der Waals surface area (Å²) in [6, 6.07) is 0. The Morgan fingerprint density at radius 1 is 1.35 bits per heavy atom. The maximum Gasteiger partial charge on any atom is 0.409 e. The Labute approximate surface area is 136 Å². The number of nitrogens with zero attached hydrogens (tertiary/aromatic N) is 4. The molecule has 0 spiro atoms. The molecule has 0 unspecified atom stereocenters. The topological polar surface area (TPSA) is 80.5 Å². The normalized spacial score (nSPS) is 22.1. The third kappa shape index (κ3) is 3.65. The molecule has 1 aromatic rings. The van der Waals surface area contributed by atoms with Crippen molar-refractivity contribution in [2.75, 3.05) is 19.7 Å². The summed E-state index contributed by atoms with van der Waals surface area (Å²) in [7, 11) is 1.77. The third-order valence-corrected chi connectivity index (χ3v) is 5.14. The van der Waals surface area contributed by atoms with E-state index in [0.29, 0.717) is 44.3 Å². The van der Waals surface area contributed by atoms with Gasteiger partial charge in [-0.1, -0.05) is 19.3 Å². The molecule has 7 nitrogen and oxygen atoms in total. The van der Waals surface area contributed by atoms with E-state index in [-0.39, 0.29) is 6.09 Å². The molecular formula is C16H26N4O3. The zero-order valence-electron chi connectivity index (χ0n) is 13.8. The summed E-state index contributed by atoms with van der Waals surface area (Å²) in [6.45, 7) is 1.49. The smallest absolute Gasteiger partial charge is 0.409 e. The Bertz CT molecular complexity index is 531. The molecule has 1 amide bonds.